The number of nitrogen functional groups attached to an aromatic ring is 2. The van der Waals surface area contributed by atoms with Crippen molar-refractivity contribution < 1.29 is 5.11 Å². The number of aliphatic hydroxyl groups excluding tert-OH is 1. The molecule has 136 valence electrons. The fourth-order valence-corrected chi connectivity index (χ4v) is 2.58. The summed E-state index contributed by atoms with van der Waals surface area (Å²) in [7, 11) is 0. The maximum atomic E-state index is 10.7. The van der Waals surface area contributed by atoms with Crippen LogP contribution < -0.4 is 16.8 Å². The Labute approximate surface area is 148 Å². The van der Waals surface area contributed by atoms with Crippen LogP contribution in [0.25, 0.3) is 0 Å². The molecule has 0 aliphatic rings. The lowest BCUT2D eigenvalue weighted by atomic mass is 9.78. The minimum Gasteiger partial charge on any atom is -0.369 e. The lowest BCUT2D eigenvalue weighted by Crippen LogP contribution is -2.22. The van der Waals surface area contributed by atoms with Crippen LogP contribution in [-0.4, -0.2) is 20.1 Å². The molecule has 7 heteroatoms. The zero-order valence-electron chi connectivity index (χ0n) is 15.8. The van der Waals surface area contributed by atoms with Gasteiger partial charge in [0.2, 0.25) is 17.8 Å². The molecule has 1 aromatic carbocycles. The number of aliphatic hydroxyl groups is 1. The normalized spacial score (nSPS) is 13.6. The summed E-state index contributed by atoms with van der Waals surface area (Å²) < 4.78 is 0. The number of nitrogens with two attached hydrogens (primary N) is 2. The smallest absolute Gasteiger partial charge is 0.231 e. The number of nitrogens with one attached hydrogen (secondary N) is 1. The molecule has 0 saturated carbocycles. The number of benzene rings is 1. The highest BCUT2D eigenvalue weighted by atomic mass is 16.3. The zero-order chi connectivity index (χ0) is 19.0. The molecular weight excluding hydrogens is 316 g/mol. The summed E-state index contributed by atoms with van der Waals surface area (Å²) in [5.74, 6) is 0.139. The molecule has 0 saturated heterocycles. The lowest BCUT2D eigenvalue weighted by Gasteiger charge is -2.29. The molecule has 0 amide bonds. The molecule has 0 radical (unpaired) electrons. The molecule has 0 aliphatic heterocycles. The van der Waals surface area contributed by atoms with Crippen molar-refractivity contribution in [3.63, 3.8) is 0 Å². The number of anilines is 3. The Bertz CT molecular complexity index is 741. The molecule has 2 rings (SSSR count). The second-order valence-electron chi connectivity index (χ2n) is 8.22. The summed E-state index contributed by atoms with van der Waals surface area (Å²) in [4.78, 5) is 11.6. The molecule has 7 nitrogen and oxygen atoms in total. The summed E-state index contributed by atoms with van der Waals surface area (Å²) >= 11 is 0. The van der Waals surface area contributed by atoms with Crippen molar-refractivity contribution in [2.24, 2.45) is 0 Å². The molecule has 1 heterocycles. The summed E-state index contributed by atoms with van der Waals surface area (Å²) in [6.45, 7) is 12.8. The maximum Gasteiger partial charge on any atom is 0.231 e. The third-order valence-electron chi connectivity index (χ3n) is 3.96. The van der Waals surface area contributed by atoms with Gasteiger partial charge in [-0.3, -0.25) is 0 Å². The van der Waals surface area contributed by atoms with Crippen LogP contribution in [0.4, 0.5) is 17.8 Å². The van der Waals surface area contributed by atoms with E-state index >= 15 is 0 Å². The minimum atomic E-state index is -0.996. The van der Waals surface area contributed by atoms with E-state index in [1.807, 2.05) is 12.1 Å². The van der Waals surface area contributed by atoms with Crippen molar-refractivity contribution in [2.45, 2.75) is 58.6 Å². The fourth-order valence-electron chi connectivity index (χ4n) is 2.58. The van der Waals surface area contributed by atoms with Crippen molar-refractivity contribution >= 4 is 17.8 Å². The Morgan fingerprint density at radius 2 is 1.48 bits per heavy atom. The number of rotatable bonds is 3. The first-order chi connectivity index (χ1) is 11.4. The summed E-state index contributed by atoms with van der Waals surface area (Å²) in [5.41, 5.74) is 14.1. The van der Waals surface area contributed by atoms with E-state index in [0.29, 0.717) is 0 Å². The van der Waals surface area contributed by atoms with E-state index in [0.717, 1.165) is 11.1 Å². The molecule has 0 fully saturated rings. The van der Waals surface area contributed by atoms with E-state index in [2.05, 4.69) is 67.9 Å². The molecule has 2 aromatic rings. The number of hydrogen-bond donors (Lipinski definition) is 4. The minimum absolute atomic E-state index is 0.00123. The quantitative estimate of drug-likeness (QED) is 0.631. The number of nitrogens with zero attached hydrogens (tertiary/aromatic N) is 3. The van der Waals surface area contributed by atoms with Crippen LogP contribution in [0.1, 0.15) is 64.5 Å². The van der Waals surface area contributed by atoms with Crippen LogP contribution in [0.5, 0.6) is 0 Å². The molecule has 0 bridgehead atoms. The first kappa shape index (κ1) is 18.9. The average Bonchev–Trinajstić information content (AvgIpc) is 2.43. The van der Waals surface area contributed by atoms with Gasteiger partial charge in [0.25, 0.3) is 0 Å². The Morgan fingerprint density at radius 1 is 0.920 bits per heavy atom. The fraction of sp³-hybridized carbons (Fsp3) is 0.500. The molecule has 6 N–H and O–H groups in total. The first-order valence-electron chi connectivity index (χ1n) is 8.24. The SMILES string of the molecule is CC(C)(C)c1ccc(C(O)Nc2nc(N)nc(N)n2)c(C(C)(C)C)c1. The highest BCUT2D eigenvalue weighted by Crippen LogP contribution is 2.34. The first-order valence-corrected chi connectivity index (χ1v) is 8.24. The molecule has 0 aliphatic carbocycles. The van der Waals surface area contributed by atoms with Crippen molar-refractivity contribution in [3.8, 4) is 0 Å². The van der Waals surface area contributed by atoms with Crippen molar-refractivity contribution in [1.29, 1.82) is 0 Å². The summed E-state index contributed by atoms with van der Waals surface area (Å²) in [6.07, 6.45) is -0.996. The largest absolute Gasteiger partial charge is 0.369 e. The van der Waals surface area contributed by atoms with Crippen LogP contribution in [0.3, 0.4) is 0 Å². The molecular formula is C18H28N6O. The summed E-state index contributed by atoms with van der Waals surface area (Å²) in [6, 6.07) is 6.12. The van der Waals surface area contributed by atoms with Gasteiger partial charge in [-0.2, -0.15) is 15.0 Å². The van der Waals surface area contributed by atoms with E-state index in [1.54, 1.807) is 0 Å². The van der Waals surface area contributed by atoms with Gasteiger partial charge in [0.05, 0.1) is 0 Å². The van der Waals surface area contributed by atoms with Gasteiger partial charge in [-0.15, -0.1) is 0 Å². The van der Waals surface area contributed by atoms with Gasteiger partial charge < -0.3 is 21.9 Å². The Kier molecular flexibility index (Phi) is 4.90. The molecule has 1 unspecified atom stereocenters. The predicted molar refractivity (Wildman–Crippen MR) is 101 cm³/mol. The second-order valence-corrected chi connectivity index (χ2v) is 8.22. The highest BCUT2D eigenvalue weighted by molar-refractivity contribution is 5.44. The van der Waals surface area contributed by atoms with Crippen LogP contribution in [0.2, 0.25) is 0 Å². The van der Waals surface area contributed by atoms with E-state index in [-0.39, 0.29) is 28.7 Å². The number of hydrogen-bond acceptors (Lipinski definition) is 7. The molecule has 1 atom stereocenters. The monoisotopic (exact) mass is 344 g/mol. The van der Waals surface area contributed by atoms with Crippen molar-refractivity contribution in [1.82, 2.24) is 15.0 Å². The van der Waals surface area contributed by atoms with E-state index in [9.17, 15) is 5.11 Å². The van der Waals surface area contributed by atoms with E-state index in [1.165, 1.54) is 5.56 Å². The Balaban J connectivity index is 2.43. The van der Waals surface area contributed by atoms with Gasteiger partial charge in [-0.25, -0.2) is 0 Å². The highest BCUT2D eigenvalue weighted by Gasteiger charge is 2.25. The third-order valence-corrected chi connectivity index (χ3v) is 3.96. The molecule has 1 aromatic heterocycles. The zero-order valence-corrected chi connectivity index (χ0v) is 15.8. The number of aromatic nitrogens is 3. The van der Waals surface area contributed by atoms with Gasteiger partial charge in [-0.05, 0) is 22.0 Å². The van der Waals surface area contributed by atoms with Gasteiger partial charge in [-0.1, -0.05) is 59.7 Å². The second kappa shape index (κ2) is 6.48. The van der Waals surface area contributed by atoms with E-state index < -0.39 is 6.23 Å². The maximum absolute atomic E-state index is 10.7. The third kappa shape index (κ3) is 4.57. The van der Waals surface area contributed by atoms with Crippen LogP contribution in [0.15, 0.2) is 18.2 Å². The van der Waals surface area contributed by atoms with Gasteiger partial charge in [0.1, 0.15) is 0 Å². The average molecular weight is 344 g/mol. The lowest BCUT2D eigenvalue weighted by molar-refractivity contribution is 0.204. The standard InChI is InChI=1S/C18H28N6O/c1-17(2,3)10-7-8-11(12(9-10)18(4,5)6)13(25)21-16-23-14(19)22-15(20)24-16/h7-9,13,25H,1-6H3,(H5,19,20,21,22,23,24). The van der Waals surface area contributed by atoms with Gasteiger partial charge in [0.15, 0.2) is 6.23 Å². The van der Waals surface area contributed by atoms with Crippen molar-refractivity contribution in [2.75, 3.05) is 16.8 Å². The topological polar surface area (TPSA) is 123 Å². The molecule has 25 heavy (non-hydrogen) atoms. The van der Waals surface area contributed by atoms with Crippen LogP contribution in [-0.2, 0) is 10.8 Å². The Morgan fingerprint density at radius 3 is 1.96 bits per heavy atom. The Hall–Kier alpha value is -2.41. The van der Waals surface area contributed by atoms with Crippen LogP contribution >= 0.6 is 0 Å². The van der Waals surface area contributed by atoms with Gasteiger partial charge in [0, 0.05) is 5.56 Å². The van der Waals surface area contributed by atoms with Crippen molar-refractivity contribution in [3.05, 3.63) is 34.9 Å². The van der Waals surface area contributed by atoms with Gasteiger partial charge >= 0.3 is 0 Å². The van der Waals surface area contributed by atoms with Crippen LogP contribution in [0, 0.1) is 0 Å². The van der Waals surface area contributed by atoms with E-state index in [4.69, 9.17) is 11.5 Å². The summed E-state index contributed by atoms with van der Waals surface area (Å²) in [5, 5.41) is 13.5. The molecule has 0 spiro atoms. The predicted octanol–water partition coefficient (Wildman–Crippen LogP) is 2.73.